The number of H-pyrrole nitrogens is 2. The monoisotopic (exact) mass is 345 g/mol. The molecule has 0 saturated carbocycles. The minimum Gasteiger partial charge on any atom is -0.338 e. The molecule has 0 bridgehead atoms. The van der Waals surface area contributed by atoms with Crippen molar-refractivity contribution in [2.45, 2.75) is 13.0 Å². The Balaban J connectivity index is 1.75. The summed E-state index contributed by atoms with van der Waals surface area (Å²) in [6, 6.07) is 6.20. The predicted molar refractivity (Wildman–Crippen MR) is 83.4 cm³/mol. The van der Waals surface area contributed by atoms with Gasteiger partial charge in [-0.2, -0.15) is 10.1 Å². The van der Waals surface area contributed by atoms with Gasteiger partial charge in [0.05, 0.1) is 6.20 Å². The molecule has 7 heteroatoms. The Morgan fingerprint density at radius 1 is 1.33 bits per heavy atom. The van der Waals surface area contributed by atoms with Crippen LogP contribution in [0.4, 0.5) is 5.95 Å². The molecule has 4 rings (SSSR count). The number of rotatable bonds is 1. The maximum absolute atomic E-state index is 12.0. The molecule has 2 aromatic heterocycles. The van der Waals surface area contributed by atoms with Crippen molar-refractivity contribution in [3.63, 3.8) is 0 Å². The first-order chi connectivity index (χ1) is 10.2. The minimum absolute atomic E-state index is 0.163. The van der Waals surface area contributed by atoms with Crippen LogP contribution in [0.3, 0.4) is 0 Å². The number of benzene rings is 1. The van der Waals surface area contributed by atoms with Gasteiger partial charge in [0.1, 0.15) is 5.39 Å². The zero-order chi connectivity index (χ0) is 14.4. The van der Waals surface area contributed by atoms with Crippen LogP contribution >= 0.6 is 15.9 Å². The minimum atomic E-state index is -0.163. The van der Waals surface area contributed by atoms with Crippen LogP contribution in [-0.2, 0) is 13.0 Å². The normalized spacial score (nSPS) is 14.4. The molecule has 2 N–H and O–H groups in total. The van der Waals surface area contributed by atoms with Crippen molar-refractivity contribution < 1.29 is 0 Å². The number of halogens is 1. The van der Waals surface area contributed by atoms with Crippen molar-refractivity contribution in [3.8, 4) is 0 Å². The smallest absolute Gasteiger partial charge is 0.263 e. The molecule has 0 unspecified atom stereocenters. The molecule has 0 aliphatic carbocycles. The maximum atomic E-state index is 12.0. The van der Waals surface area contributed by atoms with Gasteiger partial charge in [-0.3, -0.25) is 14.9 Å². The van der Waals surface area contributed by atoms with Crippen LogP contribution in [0.1, 0.15) is 11.1 Å². The number of hydrogen-bond donors (Lipinski definition) is 2. The molecule has 1 aromatic carbocycles. The first-order valence-electron chi connectivity index (χ1n) is 6.67. The summed E-state index contributed by atoms with van der Waals surface area (Å²) >= 11 is 3.59. The second-order valence-electron chi connectivity index (χ2n) is 5.07. The molecule has 3 heterocycles. The van der Waals surface area contributed by atoms with E-state index in [1.54, 1.807) is 0 Å². The van der Waals surface area contributed by atoms with E-state index >= 15 is 0 Å². The molecule has 1 aliphatic rings. The van der Waals surface area contributed by atoms with Crippen molar-refractivity contribution >= 4 is 32.9 Å². The first-order valence-corrected chi connectivity index (χ1v) is 7.46. The fraction of sp³-hybridized carbons (Fsp3) is 0.214. The molecule has 3 aromatic rings. The van der Waals surface area contributed by atoms with Crippen LogP contribution in [0.25, 0.3) is 11.0 Å². The lowest BCUT2D eigenvalue weighted by atomic mass is 10.0. The van der Waals surface area contributed by atoms with Crippen molar-refractivity contribution in [2.75, 3.05) is 11.4 Å². The molecule has 0 radical (unpaired) electrons. The molecular formula is C14H12BrN5O. The highest BCUT2D eigenvalue weighted by Crippen LogP contribution is 2.27. The van der Waals surface area contributed by atoms with Crippen LogP contribution < -0.4 is 10.5 Å². The van der Waals surface area contributed by atoms with E-state index in [9.17, 15) is 4.79 Å². The summed E-state index contributed by atoms with van der Waals surface area (Å²) in [5.41, 5.74) is 2.94. The van der Waals surface area contributed by atoms with Crippen molar-refractivity contribution in [3.05, 3.63) is 50.3 Å². The largest absolute Gasteiger partial charge is 0.338 e. The average Bonchev–Trinajstić information content (AvgIpc) is 2.96. The number of nitrogens with zero attached hydrogens (tertiary/aromatic N) is 3. The molecule has 0 amide bonds. The zero-order valence-electron chi connectivity index (χ0n) is 11.1. The average molecular weight is 346 g/mol. The number of nitrogens with one attached hydrogen (secondary N) is 2. The van der Waals surface area contributed by atoms with Crippen molar-refractivity contribution in [1.29, 1.82) is 0 Å². The van der Waals surface area contributed by atoms with E-state index < -0.39 is 0 Å². The molecule has 21 heavy (non-hydrogen) atoms. The molecule has 0 atom stereocenters. The molecular weight excluding hydrogens is 334 g/mol. The Labute approximate surface area is 128 Å². The van der Waals surface area contributed by atoms with Crippen molar-refractivity contribution in [1.82, 2.24) is 20.2 Å². The van der Waals surface area contributed by atoms with Crippen LogP contribution in [0.15, 0.2) is 33.7 Å². The van der Waals surface area contributed by atoms with E-state index in [2.05, 4.69) is 53.1 Å². The van der Waals surface area contributed by atoms with E-state index in [1.807, 2.05) is 6.07 Å². The molecule has 1 aliphatic heterocycles. The Morgan fingerprint density at radius 3 is 3.14 bits per heavy atom. The van der Waals surface area contributed by atoms with Gasteiger partial charge < -0.3 is 4.90 Å². The SMILES string of the molecule is O=c1[nH]c(N2CCc3c(Br)cccc3C2)nc2[nH]ncc12. The highest BCUT2D eigenvalue weighted by atomic mass is 79.9. The number of hydrogen-bond acceptors (Lipinski definition) is 4. The topological polar surface area (TPSA) is 77.7 Å². The highest BCUT2D eigenvalue weighted by molar-refractivity contribution is 9.10. The summed E-state index contributed by atoms with van der Waals surface area (Å²) in [4.78, 5) is 21.4. The molecule has 0 spiro atoms. The summed E-state index contributed by atoms with van der Waals surface area (Å²) < 4.78 is 1.14. The van der Waals surface area contributed by atoms with Crippen LogP contribution in [0.2, 0.25) is 0 Å². The number of fused-ring (bicyclic) bond motifs is 2. The van der Waals surface area contributed by atoms with E-state index in [0.717, 1.165) is 24.0 Å². The highest BCUT2D eigenvalue weighted by Gasteiger charge is 2.20. The van der Waals surface area contributed by atoms with Crippen LogP contribution in [0.5, 0.6) is 0 Å². The zero-order valence-corrected chi connectivity index (χ0v) is 12.6. The molecule has 0 saturated heterocycles. The second kappa shape index (κ2) is 4.70. The van der Waals surface area contributed by atoms with Crippen LogP contribution in [0, 0.1) is 0 Å². The van der Waals surface area contributed by atoms with Gasteiger partial charge in [-0.25, -0.2) is 0 Å². The lowest BCUT2D eigenvalue weighted by Gasteiger charge is -2.29. The van der Waals surface area contributed by atoms with Gasteiger partial charge in [0.2, 0.25) is 5.95 Å². The van der Waals surface area contributed by atoms with Gasteiger partial charge in [-0.15, -0.1) is 0 Å². The summed E-state index contributed by atoms with van der Waals surface area (Å²) in [6.07, 6.45) is 2.41. The quantitative estimate of drug-likeness (QED) is 0.706. The first kappa shape index (κ1) is 12.6. The molecule has 6 nitrogen and oxygen atoms in total. The lowest BCUT2D eigenvalue weighted by Crippen LogP contribution is -2.33. The van der Waals surface area contributed by atoms with Gasteiger partial charge in [0, 0.05) is 17.6 Å². The third kappa shape index (κ3) is 2.04. The molecule has 106 valence electrons. The van der Waals surface area contributed by atoms with Gasteiger partial charge in [0.15, 0.2) is 5.65 Å². The van der Waals surface area contributed by atoms with E-state index in [4.69, 9.17) is 0 Å². The fourth-order valence-corrected chi connectivity index (χ4v) is 3.33. The number of aromatic amines is 2. The third-order valence-electron chi connectivity index (χ3n) is 3.82. The Morgan fingerprint density at radius 2 is 2.24 bits per heavy atom. The van der Waals surface area contributed by atoms with E-state index in [1.165, 1.54) is 17.3 Å². The Hall–Kier alpha value is -2.15. The summed E-state index contributed by atoms with van der Waals surface area (Å²) in [6.45, 7) is 1.55. The fourth-order valence-electron chi connectivity index (χ4n) is 2.73. The van der Waals surface area contributed by atoms with Gasteiger partial charge in [-0.05, 0) is 23.6 Å². The van der Waals surface area contributed by atoms with E-state index in [-0.39, 0.29) is 5.56 Å². The molecule has 0 fully saturated rings. The third-order valence-corrected chi connectivity index (χ3v) is 4.56. The second-order valence-corrected chi connectivity index (χ2v) is 5.93. The Kier molecular flexibility index (Phi) is 2.81. The lowest BCUT2D eigenvalue weighted by molar-refractivity contribution is 0.705. The maximum Gasteiger partial charge on any atom is 0.263 e. The Bertz CT molecular complexity index is 884. The van der Waals surface area contributed by atoms with Crippen molar-refractivity contribution in [2.24, 2.45) is 0 Å². The van der Waals surface area contributed by atoms with Gasteiger partial charge in [0.25, 0.3) is 5.56 Å². The summed E-state index contributed by atoms with van der Waals surface area (Å²) in [5.74, 6) is 0.586. The number of anilines is 1. The van der Waals surface area contributed by atoms with E-state index in [0.29, 0.717) is 17.0 Å². The summed E-state index contributed by atoms with van der Waals surface area (Å²) in [5, 5.41) is 7.10. The summed E-state index contributed by atoms with van der Waals surface area (Å²) in [7, 11) is 0. The standard InChI is InChI=1S/C14H12BrN5O/c15-11-3-1-2-8-7-20(5-4-9(8)11)14-17-12-10(6-16-19-12)13(21)18-14/h1-3,6H,4-5,7H2,(H2,16,17,18,19,21). The number of aromatic nitrogens is 4. The predicted octanol–water partition coefficient (Wildman–Crippen LogP) is 1.97. The van der Waals surface area contributed by atoms with Gasteiger partial charge in [-0.1, -0.05) is 28.1 Å². The van der Waals surface area contributed by atoms with Crippen LogP contribution in [-0.4, -0.2) is 26.7 Å². The van der Waals surface area contributed by atoms with Gasteiger partial charge >= 0.3 is 0 Å².